The Bertz CT molecular complexity index is 2290. The van der Waals surface area contributed by atoms with Gasteiger partial charge in [0.15, 0.2) is 17.3 Å². The predicted octanol–water partition coefficient (Wildman–Crippen LogP) is 8.86. The molecule has 0 amide bonds. The first-order valence-electron chi connectivity index (χ1n) is 19.0. The van der Waals surface area contributed by atoms with E-state index in [-0.39, 0.29) is 73.1 Å². The number of benzene rings is 3. The smallest absolute Gasteiger partial charge is 0.869 e. The summed E-state index contributed by atoms with van der Waals surface area (Å²) in [5, 5.41) is 31.3. The minimum Gasteiger partial charge on any atom is -0.869 e. The van der Waals surface area contributed by atoms with E-state index in [0.29, 0.717) is 11.3 Å². The van der Waals surface area contributed by atoms with Crippen LogP contribution in [0.4, 0.5) is 39.5 Å². The average Bonchev–Trinajstić information content (AvgIpc) is 3.26. The van der Waals surface area contributed by atoms with Crippen LogP contribution in [0.3, 0.4) is 0 Å². The van der Waals surface area contributed by atoms with Crippen molar-refractivity contribution in [1.29, 1.82) is 0 Å². The molecule has 1 saturated carbocycles. The maximum Gasteiger partial charge on any atom is 3.00 e. The number of pyridine rings is 2. The summed E-state index contributed by atoms with van der Waals surface area (Å²) < 4.78 is 106. The number of carbonyl (C=O) groups excluding carboxylic acids is 3. The van der Waals surface area contributed by atoms with Crippen molar-refractivity contribution < 1.29 is 107 Å². The van der Waals surface area contributed by atoms with Crippen LogP contribution in [-0.2, 0) is 6.42 Å². The molecule has 0 N–H and O–H groups in total. The molecule has 3 aliphatic rings. The minimum atomic E-state index is -5.00. The molecular formula is C47H36DyF9N2O6. The molecule has 2 heterocycles. The maximum atomic E-state index is 11.8. The molecule has 1 radical (unpaired) electrons. The predicted molar refractivity (Wildman–Crippen MR) is 211 cm³/mol. The Morgan fingerprint density at radius 2 is 0.938 bits per heavy atom. The van der Waals surface area contributed by atoms with Crippen molar-refractivity contribution >= 4 is 17.3 Å². The fraction of sp³-hybridized carbons (Fsp3) is 0.213. The third kappa shape index (κ3) is 15.4. The molecule has 343 valence electrons. The van der Waals surface area contributed by atoms with E-state index >= 15 is 0 Å². The molecule has 2 aromatic heterocycles. The first-order valence-corrected chi connectivity index (χ1v) is 19.0. The zero-order valence-corrected chi connectivity index (χ0v) is 36.0. The van der Waals surface area contributed by atoms with E-state index in [1.54, 1.807) is 18.2 Å². The zero-order valence-electron chi connectivity index (χ0n) is 34.0. The summed E-state index contributed by atoms with van der Waals surface area (Å²) in [5.74, 6) is -7.70. The van der Waals surface area contributed by atoms with Crippen LogP contribution >= 0.6 is 0 Å². The van der Waals surface area contributed by atoms with Gasteiger partial charge in [-0.1, -0.05) is 111 Å². The Balaban J connectivity index is 0.000000231. The average molecular weight is 1060 g/mol. The summed E-state index contributed by atoms with van der Waals surface area (Å²) in [5.41, 5.74) is 5.59. The quantitative estimate of drug-likeness (QED) is 0.0681. The second kappa shape index (κ2) is 22.9. The molecule has 0 spiro atoms. The number of nitrogens with zero attached hydrogens (tertiary/aromatic N) is 2. The molecule has 3 aromatic carbocycles. The number of allylic oxidation sites excluding steroid dienone is 6. The summed E-state index contributed by atoms with van der Waals surface area (Å²) in [6, 6.07) is 30.1. The number of carbonyl (C=O) groups is 3. The summed E-state index contributed by atoms with van der Waals surface area (Å²) in [7, 11) is 0. The van der Waals surface area contributed by atoms with Gasteiger partial charge in [0.1, 0.15) is 0 Å². The Labute approximate surface area is 397 Å². The SMILES string of the molecule is CC1(C)[C@H]2Cc3cc(-c4ccccn4)ncc3[C@@H]1C2.O=C(/C=C(\[O-])C(F)(F)F)c1ccccc1.O=C(/C=C(\[O-])C(F)(F)F)c1ccccc1.O=C(/C=C(\[O-])C(F)(F)F)c1ccccc1.[Dy+3]. The van der Waals surface area contributed by atoms with E-state index < -0.39 is 53.2 Å². The molecule has 8 rings (SSSR count). The fourth-order valence-electron chi connectivity index (χ4n) is 6.47. The largest absolute Gasteiger partial charge is 3.00 e. The Morgan fingerprint density at radius 1 is 0.569 bits per heavy atom. The van der Waals surface area contributed by atoms with Crippen LogP contribution in [0, 0.1) is 49.5 Å². The van der Waals surface area contributed by atoms with Crippen LogP contribution in [0.1, 0.15) is 68.4 Å². The third-order valence-corrected chi connectivity index (χ3v) is 10.1. The van der Waals surface area contributed by atoms with E-state index in [1.807, 2.05) is 24.4 Å². The number of alkyl halides is 9. The maximum absolute atomic E-state index is 11.8. The van der Waals surface area contributed by atoms with Gasteiger partial charge >= 0.3 is 56.7 Å². The monoisotopic (exact) mass is 1060 g/mol. The van der Waals surface area contributed by atoms with Gasteiger partial charge in [-0.2, -0.15) is 39.5 Å². The van der Waals surface area contributed by atoms with Crippen molar-refractivity contribution in [2.45, 2.75) is 51.1 Å². The molecule has 0 aliphatic heterocycles. The van der Waals surface area contributed by atoms with Gasteiger partial charge in [0.2, 0.25) is 0 Å². The minimum absolute atomic E-state index is 0. The number of rotatable bonds is 7. The molecule has 0 unspecified atom stereocenters. The van der Waals surface area contributed by atoms with E-state index in [1.165, 1.54) is 96.8 Å². The molecular weight excluding hydrogens is 1020 g/mol. The molecule has 2 atom stereocenters. The van der Waals surface area contributed by atoms with Gasteiger partial charge in [-0.15, -0.1) is 0 Å². The second-order valence-corrected chi connectivity index (χ2v) is 14.7. The molecule has 3 aliphatic carbocycles. The van der Waals surface area contributed by atoms with Crippen LogP contribution in [-0.4, -0.2) is 45.8 Å². The van der Waals surface area contributed by atoms with E-state index in [0.717, 1.165) is 17.3 Å². The summed E-state index contributed by atoms with van der Waals surface area (Å²) in [6.45, 7) is 4.81. The van der Waals surface area contributed by atoms with Gasteiger partial charge in [0.25, 0.3) is 0 Å². The molecule has 65 heavy (non-hydrogen) atoms. The number of aromatic nitrogens is 2. The molecule has 18 heteroatoms. The van der Waals surface area contributed by atoms with Gasteiger partial charge in [-0.3, -0.25) is 24.4 Å². The van der Waals surface area contributed by atoms with E-state index in [4.69, 9.17) is 0 Å². The summed E-state index contributed by atoms with van der Waals surface area (Å²) in [4.78, 5) is 42.4. The number of hydrogen-bond donors (Lipinski definition) is 0. The number of hydrogen-bond acceptors (Lipinski definition) is 8. The fourth-order valence-corrected chi connectivity index (χ4v) is 6.47. The van der Waals surface area contributed by atoms with Crippen molar-refractivity contribution in [3.8, 4) is 11.4 Å². The van der Waals surface area contributed by atoms with Gasteiger partial charge in [0, 0.05) is 29.1 Å². The standard InChI is InChI=1S/C17H18N2.3C10H7F3O2.Dy/c1-17(2)12-7-11-8-16(15-5-3-4-6-18-15)19-10-13(11)14(17)9-12;3*11-10(12,13)9(15)6-8(14)7-4-2-1-3-5-7;/h3-6,8,10,12,14H,7,9H2,1-2H3;3*1-6,15H;/q;;;;+3/p-3/b;3*9-6-;/t12-,14-;;;;/m0..../s1. The summed E-state index contributed by atoms with van der Waals surface area (Å²) >= 11 is 0. The summed E-state index contributed by atoms with van der Waals surface area (Å²) in [6.07, 6.45) is -8.34. The van der Waals surface area contributed by atoms with Crippen molar-refractivity contribution in [2.75, 3.05) is 0 Å². The van der Waals surface area contributed by atoms with Crippen LogP contribution in [0.5, 0.6) is 0 Å². The normalized spacial score (nSPS) is 16.4. The topological polar surface area (TPSA) is 146 Å². The van der Waals surface area contributed by atoms with Crippen molar-refractivity contribution in [3.63, 3.8) is 0 Å². The van der Waals surface area contributed by atoms with Crippen LogP contribution in [0.2, 0.25) is 0 Å². The Morgan fingerprint density at radius 3 is 1.26 bits per heavy atom. The van der Waals surface area contributed by atoms with Gasteiger partial charge in [0.05, 0.1) is 11.4 Å². The van der Waals surface area contributed by atoms with Gasteiger partial charge in [-0.25, -0.2) is 0 Å². The van der Waals surface area contributed by atoms with E-state index in [2.05, 4.69) is 36.1 Å². The molecule has 0 saturated heterocycles. The van der Waals surface area contributed by atoms with Crippen LogP contribution in [0.15, 0.2) is 163 Å². The molecule has 5 aromatic rings. The van der Waals surface area contributed by atoms with Crippen LogP contribution < -0.4 is 15.3 Å². The van der Waals surface area contributed by atoms with Crippen molar-refractivity contribution in [3.05, 3.63) is 191 Å². The molecule has 8 nitrogen and oxygen atoms in total. The Hall–Kier alpha value is -5.77. The molecule has 2 bridgehead atoms. The van der Waals surface area contributed by atoms with Gasteiger partial charge in [-0.05, 0) is 94.9 Å². The zero-order chi connectivity index (χ0) is 47.5. The van der Waals surface area contributed by atoms with Gasteiger partial charge < -0.3 is 15.3 Å². The van der Waals surface area contributed by atoms with Crippen molar-refractivity contribution in [1.82, 2.24) is 9.97 Å². The first-order chi connectivity index (χ1) is 29.9. The number of ketones is 3. The van der Waals surface area contributed by atoms with Crippen LogP contribution in [0.25, 0.3) is 11.4 Å². The Kier molecular flexibility index (Phi) is 18.9. The first kappa shape index (κ1) is 53.6. The van der Waals surface area contributed by atoms with E-state index in [9.17, 15) is 69.2 Å². The molecule has 1 fully saturated rings. The van der Waals surface area contributed by atoms with Crippen molar-refractivity contribution in [2.24, 2.45) is 11.3 Å². The second-order valence-electron chi connectivity index (χ2n) is 14.7. The number of halogens is 9. The third-order valence-electron chi connectivity index (χ3n) is 10.1.